The molecule has 0 saturated heterocycles. The minimum Gasteiger partial charge on any atom is -0.360 e. The number of nitrogens with one attached hydrogen (secondary N) is 1. The van der Waals surface area contributed by atoms with Crippen molar-refractivity contribution in [2.24, 2.45) is 0 Å². The topological polar surface area (TPSA) is 90.0 Å². The van der Waals surface area contributed by atoms with Gasteiger partial charge in [-0.15, -0.1) is 0 Å². The lowest BCUT2D eigenvalue weighted by molar-refractivity contribution is 0.390. The maximum atomic E-state index is 12.4. The van der Waals surface area contributed by atoms with Crippen LogP contribution in [0.2, 0.25) is 0 Å². The van der Waals surface area contributed by atoms with Crippen LogP contribution in [-0.4, -0.2) is 23.1 Å². The summed E-state index contributed by atoms with van der Waals surface area (Å²) in [7, 11) is -3.65. The lowest BCUT2D eigenvalue weighted by Gasteiger charge is -2.08. The molecule has 0 unspecified atom stereocenters. The van der Waals surface area contributed by atoms with Gasteiger partial charge in [0, 0.05) is 25.5 Å². The van der Waals surface area contributed by atoms with Gasteiger partial charge in [0.15, 0.2) is 5.76 Å². The Morgan fingerprint density at radius 3 is 2.46 bits per heavy atom. The highest BCUT2D eigenvalue weighted by Gasteiger charge is 2.23. The predicted molar refractivity (Wildman–Crippen MR) is 87.8 cm³/mol. The number of benzene rings is 1. The van der Waals surface area contributed by atoms with Crippen LogP contribution < -0.4 is 4.72 Å². The maximum absolute atomic E-state index is 12.4. The Balaban J connectivity index is 1.66. The lowest BCUT2D eigenvalue weighted by Crippen LogP contribution is -2.24. The Bertz CT molecular complexity index is 893. The molecule has 0 fully saturated rings. The van der Waals surface area contributed by atoms with Crippen molar-refractivity contribution in [2.75, 3.05) is 0 Å². The molecule has 2 heterocycles. The first-order chi connectivity index (χ1) is 11.5. The van der Waals surface area contributed by atoms with Crippen molar-refractivity contribution >= 4 is 10.0 Å². The minimum absolute atomic E-state index is 0.110. The van der Waals surface area contributed by atoms with E-state index in [-0.39, 0.29) is 17.2 Å². The van der Waals surface area contributed by atoms with E-state index in [0.29, 0.717) is 5.69 Å². The van der Waals surface area contributed by atoms with Crippen LogP contribution in [0.5, 0.6) is 0 Å². The highest BCUT2D eigenvalue weighted by molar-refractivity contribution is 7.89. The van der Waals surface area contributed by atoms with Gasteiger partial charge in [-0.1, -0.05) is 29.4 Å². The fourth-order valence-corrected chi connectivity index (χ4v) is 3.81. The summed E-state index contributed by atoms with van der Waals surface area (Å²) in [4.78, 5) is 4.11. The Morgan fingerprint density at radius 1 is 1.17 bits per heavy atom. The zero-order valence-electron chi connectivity index (χ0n) is 13.4. The van der Waals surface area contributed by atoms with Gasteiger partial charge in [0.25, 0.3) is 0 Å². The van der Waals surface area contributed by atoms with Gasteiger partial charge >= 0.3 is 0 Å². The summed E-state index contributed by atoms with van der Waals surface area (Å²) >= 11 is 0. The highest BCUT2D eigenvalue weighted by Crippen LogP contribution is 2.19. The first kappa shape index (κ1) is 16.4. The summed E-state index contributed by atoms with van der Waals surface area (Å²) in [5, 5.41) is 3.68. The van der Waals surface area contributed by atoms with Gasteiger partial charge < -0.3 is 9.09 Å². The second-order valence-corrected chi connectivity index (χ2v) is 7.23. The summed E-state index contributed by atoms with van der Waals surface area (Å²) in [6.07, 6.45) is 5.38. The Kier molecular flexibility index (Phi) is 4.50. The summed E-state index contributed by atoms with van der Waals surface area (Å²) in [6.45, 7) is 4.12. The molecule has 1 aromatic carbocycles. The second kappa shape index (κ2) is 6.58. The molecule has 0 aliphatic carbocycles. The molecule has 1 N–H and O–H groups in total. The van der Waals surface area contributed by atoms with Crippen LogP contribution in [0.1, 0.15) is 22.6 Å². The van der Waals surface area contributed by atoms with Gasteiger partial charge in [0.05, 0.1) is 6.33 Å². The molecular formula is C16H18N4O3S. The van der Waals surface area contributed by atoms with E-state index >= 15 is 0 Å². The van der Waals surface area contributed by atoms with Crippen LogP contribution >= 0.6 is 0 Å². The van der Waals surface area contributed by atoms with Crippen molar-refractivity contribution in [1.29, 1.82) is 0 Å². The number of rotatable bonds is 6. The summed E-state index contributed by atoms with van der Waals surface area (Å²) in [5.74, 6) is 0.288. The van der Waals surface area contributed by atoms with Crippen molar-refractivity contribution in [2.45, 2.75) is 31.8 Å². The quantitative estimate of drug-likeness (QED) is 0.737. The summed E-state index contributed by atoms with van der Waals surface area (Å²) in [6, 6.07) is 7.75. The normalized spacial score (nSPS) is 11.8. The van der Waals surface area contributed by atoms with Crippen LogP contribution in [0.3, 0.4) is 0 Å². The van der Waals surface area contributed by atoms with Crippen LogP contribution in [0.25, 0.3) is 0 Å². The van der Waals surface area contributed by atoms with Gasteiger partial charge in [-0.3, -0.25) is 0 Å². The van der Waals surface area contributed by atoms with Gasteiger partial charge in [-0.2, -0.15) is 0 Å². The van der Waals surface area contributed by atoms with Gasteiger partial charge in [0.2, 0.25) is 10.0 Å². The molecule has 0 aliphatic heterocycles. The molecule has 0 amide bonds. The molecule has 0 saturated carbocycles. The largest absolute Gasteiger partial charge is 0.360 e. The molecular weight excluding hydrogens is 328 g/mol. The number of aryl methyl sites for hydroxylation is 2. The summed E-state index contributed by atoms with van der Waals surface area (Å²) < 4.78 is 34.2. The molecule has 8 heteroatoms. The predicted octanol–water partition coefficient (Wildman–Crippen LogP) is 2.01. The van der Waals surface area contributed by atoms with Crippen molar-refractivity contribution < 1.29 is 12.9 Å². The van der Waals surface area contributed by atoms with Crippen molar-refractivity contribution in [1.82, 2.24) is 19.4 Å². The van der Waals surface area contributed by atoms with Crippen LogP contribution in [0, 0.1) is 13.8 Å². The fraction of sp³-hybridized carbons (Fsp3) is 0.250. The van der Waals surface area contributed by atoms with Gasteiger partial charge in [0.1, 0.15) is 10.6 Å². The monoisotopic (exact) mass is 346 g/mol. The van der Waals surface area contributed by atoms with E-state index in [1.165, 1.54) is 0 Å². The minimum atomic E-state index is -3.65. The van der Waals surface area contributed by atoms with Crippen molar-refractivity contribution in [3.63, 3.8) is 0 Å². The van der Waals surface area contributed by atoms with Crippen LogP contribution in [0.4, 0.5) is 0 Å². The molecule has 7 nitrogen and oxygen atoms in total. The third-order valence-electron chi connectivity index (χ3n) is 3.65. The average molecular weight is 346 g/mol. The maximum Gasteiger partial charge on any atom is 0.246 e. The number of sulfonamides is 1. The van der Waals surface area contributed by atoms with Gasteiger partial charge in [-0.25, -0.2) is 18.1 Å². The van der Waals surface area contributed by atoms with E-state index in [9.17, 15) is 8.42 Å². The third-order valence-corrected chi connectivity index (χ3v) is 5.29. The zero-order chi connectivity index (χ0) is 17.2. The molecule has 0 aliphatic rings. The van der Waals surface area contributed by atoms with Crippen LogP contribution in [0.15, 0.2) is 52.4 Å². The molecule has 2 aromatic heterocycles. The Hall–Kier alpha value is -2.45. The fourth-order valence-electron chi connectivity index (χ4n) is 2.46. The van der Waals surface area contributed by atoms with Gasteiger partial charge in [-0.05, 0) is 25.0 Å². The van der Waals surface area contributed by atoms with E-state index in [1.807, 2.05) is 35.0 Å². The smallest absolute Gasteiger partial charge is 0.246 e. The lowest BCUT2D eigenvalue weighted by atomic mass is 10.1. The molecule has 0 bridgehead atoms. The molecule has 3 rings (SSSR count). The zero-order valence-corrected chi connectivity index (χ0v) is 14.2. The van der Waals surface area contributed by atoms with Crippen molar-refractivity contribution in [3.05, 3.63) is 65.6 Å². The van der Waals surface area contributed by atoms with E-state index in [1.54, 1.807) is 26.4 Å². The molecule has 3 aromatic rings. The average Bonchev–Trinajstić information content (AvgIpc) is 3.17. The molecule has 0 radical (unpaired) electrons. The third kappa shape index (κ3) is 3.55. The standard InChI is InChI=1S/C16H18N4O3S/c1-12-16(13(2)23-19-12)24(21,22)18-9-14-3-5-15(6-4-14)10-20-8-7-17-11-20/h3-8,11,18H,9-10H2,1-2H3. The first-order valence-corrected chi connectivity index (χ1v) is 8.90. The Labute approximate surface area is 140 Å². The van der Waals surface area contributed by atoms with Crippen molar-refractivity contribution in [3.8, 4) is 0 Å². The van der Waals surface area contributed by atoms with E-state index < -0.39 is 10.0 Å². The highest BCUT2D eigenvalue weighted by atomic mass is 32.2. The second-order valence-electron chi connectivity index (χ2n) is 5.53. The van der Waals surface area contributed by atoms with E-state index in [2.05, 4.69) is 14.9 Å². The summed E-state index contributed by atoms with van der Waals surface area (Å²) in [5.41, 5.74) is 2.35. The number of hydrogen-bond acceptors (Lipinski definition) is 5. The molecule has 126 valence electrons. The number of hydrogen-bond donors (Lipinski definition) is 1. The SMILES string of the molecule is Cc1noc(C)c1S(=O)(=O)NCc1ccc(Cn2ccnc2)cc1. The van der Waals surface area contributed by atoms with E-state index in [4.69, 9.17) is 4.52 Å². The number of aromatic nitrogens is 3. The number of imidazole rings is 1. The Morgan fingerprint density at radius 2 is 1.88 bits per heavy atom. The van der Waals surface area contributed by atoms with Crippen LogP contribution in [-0.2, 0) is 23.1 Å². The van der Waals surface area contributed by atoms with E-state index in [0.717, 1.165) is 17.7 Å². The molecule has 0 atom stereocenters. The molecule has 0 spiro atoms. The number of nitrogens with zero attached hydrogens (tertiary/aromatic N) is 3. The first-order valence-electron chi connectivity index (χ1n) is 7.42. The molecule has 24 heavy (non-hydrogen) atoms.